The van der Waals surface area contributed by atoms with Crippen molar-refractivity contribution in [3.63, 3.8) is 0 Å². The number of anilines is 2. The Kier molecular flexibility index (Phi) is 22.5. The molecule has 0 aliphatic carbocycles. The number of likely N-dealkylation sites (tertiary alicyclic amines) is 2. The minimum Gasteiger partial charge on any atom is -0.460 e. The van der Waals surface area contributed by atoms with Crippen molar-refractivity contribution >= 4 is 70.4 Å². The van der Waals surface area contributed by atoms with E-state index >= 15 is 0 Å². The molecule has 8 N–H and O–H groups in total. The van der Waals surface area contributed by atoms with Gasteiger partial charge in [0.05, 0.1) is 29.6 Å². The summed E-state index contributed by atoms with van der Waals surface area (Å²) < 4.78 is 15.6. The van der Waals surface area contributed by atoms with E-state index in [1.165, 1.54) is 23.1 Å². The summed E-state index contributed by atoms with van der Waals surface area (Å²) in [6, 6.07) is 5.35. The van der Waals surface area contributed by atoms with Crippen molar-refractivity contribution in [2.75, 3.05) is 31.2 Å². The number of cyclic esters (lactones) is 2. The molecular weight excluding hydrogens is 975 g/mol. The van der Waals surface area contributed by atoms with E-state index in [9.17, 15) is 38.4 Å². The summed E-state index contributed by atoms with van der Waals surface area (Å²) in [5, 5.41) is 11.6. The Labute approximate surface area is 435 Å². The van der Waals surface area contributed by atoms with E-state index in [0.717, 1.165) is 5.56 Å². The molecule has 6 rings (SSSR count). The number of halogens is 1. The van der Waals surface area contributed by atoms with Gasteiger partial charge >= 0.3 is 11.9 Å². The van der Waals surface area contributed by atoms with Crippen LogP contribution in [0.5, 0.6) is 0 Å². The van der Waals surface area contributed by atoms with Gasteiger partial charge in [0.2, 0.25) is 29.9 Å². The molecule has 8 atom stereocenters. The first-order valence-corrected chi connectivity index (χ1v) is 23.4. The fraction of sp³-hybridized carbons (Fsp3) is 0.580. The number of rotatable bonds is 12. The third kappa shape index (κ3) is 15.6. The number of hydrogen-bond donors (Lipinski definition) is 6. The van der Waals surface area contributed by atoms with E-state index in [4.69, 9.17) is 37.3 Å². The van der Waals surface area contributed by atoms with Gasteiger partial charge in [-0.05, 0) is 99.2 Å². The summed E-state index contributed by atoms with van der Waals surface area (Å²) in [5.41, 5.74) is 12.8. The summed E-state index contributed by atoms with van der Waals surface area (Å²) >= 11 is 6.05. The van der Waals surface area contributed by atoms with Crippen molar-refractivity contribution in [2.24, 2.45) is 10.8 Å². The molecule has 21 heteroatoms. The van der Waals surface area contributed by atoms with Gasteiger partial charge in [-0.15, -0.1) is 0 Å². The van der Waals surface area contributed by atoms with Crippen LogP contribution in [0.2, 0.25) is 5.02 Å². The molecule has 0 unspecified atom stereocenters. The fourth-order valence-electron chi connectivity index (χ4n) is 8.53. The third-order valence-corrected chi connectivity index (χ3v) is 12.8. The maximum absolute atomic E-state index is 13.6. The number of benzene rings is 2. The number of hydrogen-bond acceptors (Lipinski definition) is 13. The molecule has 0 bridgehead atoms. The number of carbonyl (C=O) groups excluding carboxylic acids is 8. The summed E-state index contributed by atoms with van der Waals surface area (Å²) in [5.74, 6) is -2.98. The number of aryl methyl sites for hydroxylation is 1. The van der Waals surface area contributed by atoms with Crippen LogP contribution in [0.4, 0.5) is 11.4 Å². The zero-order valence-corrected chi connectivity index (χ0v) is 44.0. The van der Waals surface area contributed by atoms with Gasteiger partial charge in [0, 0.05) is 55.1 Å². The number of nitrogen functional groups attached to an aromatic ring is 2. The second kappa shape index (κ2) is 25.8. The average molecular weight is 1050 g/mol. The van der Waals surface area contributed by atoms with Crippen LogP contribution in [0, 0.1) is 25.2 Å². The molecule has 2 aromatic rings. The molecule has 0 saturated carbocycles. The Balaban J connectivity index is 0.000000468. The Morgan fingerprint density at radius 2 is 1.18 bits per heavy atom. The molecule has 1 radical (unpaired) electrons. The zero-order chi connectivity index (χ0) is 50.4. The van der Waals surface area contributed by atoms with E-state index in [0.29, 0.717) is 62.3 Å². The Morgan fingerprint density at radius 3 is 1.61 bits per heavy atom. The van der Waals surface area contributed by atoms with Crippen LogP contribution in [0.25, 0.3) is 0 Å². The van der Waals surface area contributed by atoms with Crippen molar-refractivity contribution in [1.29, 1.82) is 0 Å². The van der Waals surface area contributed by atoms with Crippen LogP contribution in [-0.2, 0) is 61.5 Å². The van der Waals surface area contributed by atoms with Gasteiger partial charge in [-0.25, -0.2) is 0 Å². The van der Waals surface area contributed by atoms with Crippen molar-refractivity contribution < 1.29 is 71.1 Å². The predicted molar refractivity (Wildman–Crippen MR) is 266 cm³/mol. The molecule has 19 nitrogen and oxygen atoms in total. The number of carbonyl (C=O) groups is 8. The summed E-state index contributed by atoms with van der Waals surface area (Å²) in [7, 11) is 0. The number of nitrogens with two attached hydrogens (primary N) is 2. The number of amides is 6. The van der Waals surface area contributed by atoms with E-state index in [2.05, 4.69) is 21.3 Å². The van der Waals surface area contributed by atoms with Gasteiger partial charge in [-0.1, -0.05) is 60.6 Å². The molecule has 71 heavy (non-hydrogen) atoms. The minimum atomic E-state index is -0.896. The van der Waals surface area contributed by atoms with Crippen LogP contribution in [0.15, 0.2) is 36.4 Å². The van der Waals surface area contributed by atoms with Crippen LogP contribution in [0.1, 0.15) is 128 Å². The van der Waals surface area contributed by atoms with Crippen molar-refractivity contribution in [2.45, 2.75) is 157 Å². The Morgan fingerprint density at radius 1 is 0.746 bits per heavy atom. The zero-order valence-electron chi connectivity index (χ0n) is 41.8. The normalized spacial score (nSPS) is 22.4. The Bertz CT molecular complexity index is 2270. The predicted octanol–water partition coefficient (Wildman–Crippen LogP) is 4.47. The monoisotopic (exact) mass is 1050 g/mol. The SMILES string of the molecule is C.CCO[C@@H]1OC(=O)C[C@@H]1NC(=O)[C@@H]1CCCN1C(=O)[C@@H](NC(=O)c1ccc(N)c(Cl)c1)C(C)(C)C.Cc1cc(C(=O)N[C@H](C(=O)N2CCC[C@H]2C(=O)N[C@H]2CC(=O)O[C@H]2C)C(C)(C)C)ccc1N.[CH3-].[V]. The summed E-state index contributed by atoms with van der Waals surface area (Å²) in [6.45, 7) is 17.6. The second-order valence-corrected chi connectivity index (χ2v) is 20.3. The van der Waals surface area contributed by atoms with Crippen LogP contribution in [0.3, 0.4) is 0 Å². The van der Waals surface area contributed by atoms with E-state index in [-0.39, 0.29) is 92.3 Å². The number of nitrogens with zero attached hydrogens (tertiary/aromatic N) is 2. The van der Waals surface area contributed by atoms with Crippen molar-refractivity contribution in [1.82, 2.24) is 31.1 Å². The van der Waals surface area contributed by atoms with Gasteiger partial charge in [0.25, 0.3) is 11.8 Å². The molecule has 6 amide bonds. The van der Waals surface area contributed by atoms with Gasteiger partial charge in [-0.3, -0.25) is 38.4 Å². The van der Waals surface area contributed by atoms with Gasteiger partial charge < -0.3 is 64.2 Å². The minimum absolute atomic E-state index is 0. The molecular formula is C50H74ClN8O11V-. The molecule has 393 valence electrons. The molecule has 4 aliphatic heterocycles. The molecule has 0 spiro atoms. The first-order chi connectivity index (χ1) is 31.8. The first kappa shape index (κ1) is 61.8. The number of ether oxygens (including phenoxy) is 3. The second-order valence-electron chi connectivity index (χ2n) is 19.9. The smallest absolute Gasteiger partial charge is 0.310 e. The molecule has 0 aromatic heterocycles. The molecule has 4 fully saturated rings. The van der Waals surface area contributed by atoms with Crippen LogP contribution >= 0.6 is 11.6 Å². The average Bonchev–Trinajstić information content (AvgIpc) is 4.07. The summed E-state index contributed by atoms with van der Waals surface area (Å²) in [6.07, 6.45) is 1.18. The largest absolute Gasteiger partial charge is 0.460 e. The quantitative estimate of drug-likeness (QED) is 0.0975. The molecule has 4 aliphatic rings. The van der Waals surface area contributed by atoms with E-state index in [1.54, 1.807) is 36.9 Å². The van der Waals surface area contributed by atoms with Crippen molar-refractivity contribution in [3.05, 3.63) is 65.5 Å². The van der Waals surface area contributed by atoms with E-state index in [1.807, 2.05) is 48.5 Å². The topological polar surface area (TPSA) is 271 Å². The maximum atomic E-state index is 13.6. The first-order valence-electron chi connectivity index (χ1n) is 23.1. The summed E-state index contributed by atoms with van der Waals surface area (Å²) in [4.78, 5) is 105. The molecule has 4 heterocycles. The Hall–Kier alpha value is -5.37. The van der Waals surface area contributed by atoms with E-state index < -0.39 is 71.4 Å². The van der Waals surface area contributed by atoms with Crippen LogP contribution in [-0.4, -0.2) is 126 Å². The third-order valence-electron chi connectivity index (χ3n) is 12.5. The van der Waals surface area contributed by atoms with Gasteiger partial charge in [-0.2, -0.15) is 0 Å². The maximum Gasteiger partial charge on any atom is 0.310 e. The van der Waals surface area contributed by atoms with Gasteiger partial charge in [0.15, 0.2) is 0 Å². The number of nitrogens with one attached hydrogen (secondary N) is 4. The number of esters is 2. The van der Waals surface area contributed by atoms with Crippen LogP contribution < -0.4 is 32.7 Å². The standard InChI is InChI=1S/C24H33ClN4O6.C24H34N4O5.CH4.CH3.V/c1-5-34-23-16(12-18(30)35-23)27-21(32)17-7-6-10-29(17)22(33)19(24(2,3)4)28-20(31)13-8-9-15(26)14(25)11-13;1-13-11-15(8-9-16(13)25)21(30)27-20(24(3,4)5)23(32)28-10-6-7-18(28)22(31)26-17-12-19(29)33-14(17)2;;;/h8-9,11,16-17,19,23H,5-7,10,12,26H2,1-4H3,(H,27,32)(H,28,31);8-9,11,14,17-18,20H,6-7,10,12,25H2,1-5H3,(H,26,31)(H,27,30);1H4;1H3;/q;;;-1;/t16-,17-,19+,23+;14-,17-,18-,20+;;;/m00.../s1. The molecule has 4 saturated heterocycles. The molecule has 2 aromatic carbocycles. The van der Waals surface area contributed by atoms with Gasteiger partial charge in [0.1, 0.15) is 36.3 Å². The fourth-order valence-corrected chi connectivity index (χ4v) is 8.71. The van der Waals surface area contributed by atoms with Crippen molar-refractivity contribution in [3.8, 4) is 0 Å².